The van der Waals surface area contributed by atoms with Gasteiger partial charge in [-0.3, -0.25) is 0 Å². The first-order valence-electron chi connectivity index (χ1n) is 5.81. The molecule has 2 nitrogen and oxygen atoms in total. The summed E-state index contributed by atoms with van der Waals surface area (Å²) in [5.41, 5.74) is 0.494. The first-order valence-corrected chi connectivity index (χ1v) is 6.19. The summed E-state index contributed by atoms with van der Waals surface area (Å²) >= 11 is 5.66. The van der Waals surface area contributed by atoms with E-state index in [1.807, 2.05) is 0 Å². The van der Waals surface area contributed by atoms with Crippen LogP contribution in [0.5, 0.6) is 0 Å². The number of nitrogens with one attached hydrogen (secondary N) is 1. The molecular formula is C13H19ClFNO. The van der Waals surface area contributed by atoms with Crippen LogP contribution in [0, 0.1) is 11.7 Å². The molecule has 0 saturated carbocycles. The molecule has 1 aromatic carbocycles. The van der Waals surface area contributed by atoms with Gasteiger partial charge in [0.1, 0.15) is 5.82 Å². The topological polar surface area (TPSA) is 32.3 Å². The normalized spacial score (nSPS) is 13.1. The maximum atomic E-state index is 13.4. The van der Waals surface area contributed by atoms with Gasteiger partial charge in [-0.1, -0.05) is 31.5 Å². The zero-order chi connectivity index (χ0) is 12.8. The molecule has 2 N–H and O–H groups in total. The van der Waals surface area contributed by atoms with Crippen molar-refractivity contribution in [1.82, 2.24) is 5.32 Å². The molecule has 0 aromatic heterocycles. The highest BCUT2D eigenvalue weighted by Crippen LogP contribution is 2.15. The Morgan fingerprint density at radius 2 is 2.06 bits per heavy atom. The predicted molar refractivity (Wildman–Crippen MR) is 68.8 cm³/mol. The predicted octanol–water partition coefficient (Wildman–Crippen LogP) is 2.63. The minimum atomic E-state index is -0.579. The SMILES string of the molecule is CC(C)CNCC(O)Cc1ccc(Cl)cc1F. The summed E-state index contributed by atoms with van der Waals surface area (Å²) < 4.78 is 13.4. The number of halogens is 2. The zero-order valence-corrected chi connectivity index (χ0v) is 11.0. The quantitative estimate of drug-likeness (QED) is 0.823. The van der Waals surface area contributed by atoms with Gasteiger partial charge in [0.25, 0.3) is 0 Å². The Hall–Kier alpha value is -0.640. The minimum Gasteiger partial charge on any atom is -0.391 e. The lowest BCUT2D eigenvalue weighted by atomic mass is 10.1. The van der Waals surface area contributed by atoms with Crippen molar-refractivity contribution in [3.05, 3.63) is 34.6 Å². The van der Waals surface area contributed by atoms with Crippen molar-refractivity contribution in [3.8, 4) is 0 Å². The first kappa shape index (κ1) is 14.4. The van der Waals surface area contributed by atoms with Gasteiger partial charge in [-0.15, -0.1) is 0 Å². The van der Waals surface area contributed by atoms with Crippen molar-refractivity contribution in [1.29, 1.82) is 0 Å². The zero-order valence-electron chi connectivity index (χ0n) is 10.2. The molecule has 0 spiro atoms. The number of aliphatic hydroxyl groups is 1. The molecule has 1 unspecified atom stereocenters. The second-order valence-corrected chi connectivity index (χ2v) is 5.08. The molecule has 96 valence electrons. The van der Waals surface area contributed by atoms with Crippen LogP contribution >= 0.6 is 11.6 Å². The standard InChI is InChI=1S/C13H19ClFNO/c1-9(2)7-16-8-12(17)5-10-3-4-11(14)6-13(10)15/h3-4,6,9,12,16-17H,5,7-8H2,1-2H3. The van der Waals surface area contributed by atoms with Gasteiger partial charge in [-0.05, 0) is 30.2 Å². The van der Waals surface area contributed by atoms with Crippen LogP contribution in [0.3, 0.4) is 0 Å². The Balaban J connectivity index is 2.42. The van der Waals surface area contributed by atoms with E-state index in [1.165, 1.54) is 6.07 Å². The van der Waals surface area contributed by atoms with Gasteiger partial charge in [0.05, 0.1) is 6.10 Å². The fourth-order valence-corrected chi connectivity index (χ4v) is 1.71. The third-order valence-electron chi connectivity index (χ3n) is 2.40. The van der Waals surface area contributed by atoms with E-state index in [4.69, 9.17) is 11.6 Å². The van der Waals surface area contributed by atoms with Gasteiger partial charge in [-0.25, -0.2) is 4.39 Å². The Morgan fingerprint density at radius 1 is 1.35 bits per heavy atom. The van der Waals surface area contributed by atoms with Gasteiger partial charge in [-0.2, -0.15) is 0 Å². The molecule has 17 heavy (non-hydrogen) atoms. The molecule has 1 atom stereocenters. The van der Waals surface area contributed by atoms with Gasteiger partial charge in [0.2, 0.25) is 0 Å². The van der Waals surface area contributed by atoms with E-state index < -0.39 is 6.10 Å². The van der Waals surface area contributed by atoms with E-state index in [0.717, 1.165) is 6.54 Å². The van der Waals surface area contributed by atoms with Crippen molar-refractivity contribution in [2.75, 3.05) is 13.1 Å². The molecule has 0 aliphatic rings. The van der Waals surface area contributed by atoms with Crippen molar-refractivity contribution >= 4 is 11.6 Å². The van der Waals surface area contributed by atoms with Crippen LogP contribution in [0.2, 0.25) is 5.02 Å². The van der Waals surface area contributed by atoms with Crippen molar-refractivity contribution in [2.24, 2.45) is 5.92 Å². The third kappa shape index (κ3) is 5.48. The summed E-state index contributed by atoms with van der Waals surface area (Å²) in [4.78, 5) is 0. The fraction of sp³-hybridized carbons (Fsp3) is 0.538. The monoisotopic (exact) mass is 259 g/mol. The molecule has 0 radical (unpaired) electrons. The summed E-state index contributed by atoms with van der Waals surface area (Å²) in [6.07, 6.45) is -0.280. The maximum Gasteiger partial charge on any atom is 0.127 e. The lowest BCUT2D eigenvalue weighted by molar-refractivity contribution is 0.169. The molecule has 1 aromatic rings. The van der Waals surface area contributed by atoms with Crippen LogP contribution in [-0.2, 0) is 6.42 Å². The molecular weight excluding hydrogens is 241 g/mol. The Labute approximate surface area is 107 Å². The highest BCUT2D eigenvalue weighted by molar-refractivity contribution is 6.30. The van der Waals surface area contributed by atoms with E-state index in [1.54, 1.807) is 12.1 Å². The summed E-state index contributed by atoms with van der Waals surface area (Å²) in [5.74, 6) is 0.176. The summed E-state index contributed by atoms with van der Waals surface area (Å²) in [5, 5.41) is 13.3. The first-order chi connectivity index (χ1) is 7.99. The molecule has 4 heteroatoms. The maximum absolute atomic E-state index is 13.4. The largest absolute Gasteiger partial charge is 0.391 e. The summed E-state index contributed by atoms with van der Waals surface area (Å²) in [7, 11) is 0. The Morgan fingerprint density at radius 3 is 2.65 bits per heavy atom. The Bertz CT molecular complexity index is 357. The fourth-order valence-electron chi connectivity index (χ4n) is 1.55. The third-order valence-corrected chi connectivity index (χ3v) is 2.64. The van der Waals surface area contributed by atoms with Gasteiger partial charge in [0, 0.05) is 18.0 Å². The lowest BCUT2D eigenvalue weighted by Crippen LogP contribution is -2.31. The number of aliphatic hydroxyl groups excluding tert-OH is 1. The minimum absolute atomic E-state index is 0.300. The molecule has 0 saturated heterocycles. The second-order valence-electron chi connectivity index (χ2n) is 4.65. The average Bonchev–Trinajstić information content (AvgIpc) is 2.21. The molecule has 0 amide bonds. The smallest absolute Gasteiger partial charge is 0.127 e. The molecule has 0 heterocycles. The van der Waals surface area contributed by atoms with E-state index in [0.29, 0.717) is 29.5 Å². The van der Waals surface area contributed by atoms with E-state index >= 15 is 0 Å². The number of hydrogen-bond donors (Lipinski definition) is 2. The van der Waals surface area contributed by atoms with Gasteiger partial charge in [0.15, 0.2) is 0 Å². The van der Waals surface area contributed by atoms with Crippen molar-refractivity contribution < 1.29 is 9.50 Å². The van der Waals surface area contributed by atoms with E-state index in [2.05, 4.69) is 19.2 Å². The van der Waals surface area contributed by atoms with E-state index in [9.17, 15) is 9.50 Å². The average molecular weight is 260 g/mol. The summed E-state index contributed by atoms with van der Waals surface area (Å²) in [6, 6.07) is 4.52. The molecule has 0 aliphatic carbocycles. The van der Waals surface area contributed by atoms with Gasteiger partial charge < -0.3 is 10.4 Å². The molecule has 0 fully saturated rings. The van der Waals surface area contributed by atoms with Crippen LogP contribution in [0.25, 0.3) is 0 Å². The van der Waals surface area contributed by atoms with Crippen LogP contribution in [0.4, 0.5) is 4.39 Å². The van der Waals surface area contributed by atoms with Crippen LogP contribution in [-0.4, -0.2) is 24.3 Å². The Kier molecular flexibility index (Phi) is 5.89. The second kappa shape index (κ2) is 6.94. The molecule has 0 bridgehead atoms. The van der Waals surface area contributed by atoms with Crippen molar-refractivity contribution in [2.45, 2.75) is 26.4 Å². The number of hydrogen-bond acceptors (Lipinski definition) is 2. The highest BCUT2D eigenvalue weighted by Gasteiger charge is 2.09. The highest BCUT2D eigenvalue weighted by atomic mass is 35.5. The number of rotatable bonds is 6. The van der Waals surface area contributed by atoms with E-state index in [-0.39, 0.29) is 5.82 Å². The number of benzene rings is 1. The molecule has 0 aliphatic heterocycles. The van der Waals surface area contributed by atoms with Crippen LogP contribution in [0.15, 0.2) is 18.2 Å². The summed E-state index contributed by atoms with van der Waals surface area (Å²) in [6.45, 7) is 5.51. The molecule has 1 rings (SSSR count). The van der Waals surface area contributed by atoms with Gasteiger partial charge >= 0.3 is 0 Å². The van der Waals surface area contributed by atoms with Crippen LogP contribution < -0.4 is 5.32 Å². The van der Waals surface area contributed by atoms with Crippen LogP contribution in [0.1, 0.15) is 19.4 Å². The van der Waals surface area contributed by atoms with Crippen molar-refractivity contribution in [3.63, 3.8) is 0 Å². The lowest BCUT2D eigenvalue weighted by Gasteiger charge is -2.13.